The van der Waals surface area contributed by atoms with Gasteiger partial charge in [-0.25, -0.2) is 0 Å². The van der Waals surface area contributed by atoms with E-state index in [4.69, 9.17) is 4.74 Å². The third-order valence-electron chi connectivity index (χ3n) is 3.99. The molecule has 1 nitrogen and oxygen atoms in total. The number of methoxy groups -OCH3 is 1. The molecule has 0 amide bonds. The third-order valence-corrected chi connectivity index (χ3v) is 6.62. The van der Waals surface area contributed by atoms with Crippen LogP contribution in [0.3, 0.4) is 0 Å². The van der Waals surface area contributed by atoms with Gasteiger partial charge in [0.25, 0.3) is 0 Å². The molecule has 1 heterocycles. The summed E-state index contributed by atoms with van der Waals surface area (Å²) < 4.78 is 5.45. The molecule has 3 heteroatoms. The number of ether oxygens (including phenoxy) is 1. The summed E-state index contributed by atoms with van der Waals surface area (Å²) in [6.45, 7) is 4.23. The van der Waals surface area contributed by atoms with Crippen LogP contribution in [0.15, 0.2) is 18.2 Å². The lowest BCUT2D eigenvalue weighted by atomic mass is 10.0. The van der Waals surface area contributed by atoms with Crippen molar-refractivity contribution in [2.24, 2.45) is 0 Å². The van der Waals surface area contributed by atoms with Crippen molar-refractivity contribution in [3.63, 3.8) is 0 Å². The Morgan fingerprint density at radius 2 is 1.85 bits per heavy atom. The molecule has 0 N–H and O–H groups in total. The van der Waals surface area contributed by atoms with Gasteiger partial charge in [0, 0.05) is 9.75 Å². The lowest BCUT2D eigenvalue weighted by Gasteiger charge is -2.14. The van der Waals surface area contributed by atoms with E-state index in [1.807, 2.05) is 11.3 Å². The van der Waals surface area contributed by atoms with Crippen molar-refractivity contribution >= 4 is 27.3 Å². The molecule has 0 saturated carbocycles. The Morgan fingerprint density at radius 1 is 1.15 bits per heavy atom. The Hall–Kier alpha value is -0.800. The number of aryl methyl sites for hydroxylation is 4. The van der Waals surface area contributed by atoms with Gasteiger partial charge in [-0.05, 0) is 61.4 Å². The molecule has 0 bridgehead atoms. The van der Waals surface area contributed by atoms with Crippen LogP contribution in [0.4, 0.5) is 0 Å². The maximum absolute atomic E-state index is 5.45. The normalized spacial score (nSPS) is 15.2. The van der Waals surface area contributed by atoms with E-state index in [-0.39, 0.29) is 0 Å². The molecule has 0 radical (unpaired) electrons. The number of fused-ring (bicyclic) bond motifs is 1. The molecule has 0 spiro atoms. The summed E-state index contributed by atoms with van der Waals surface area (Å²) in [6.07, 6.45) is 3.85. The van der Waals surface area contributed by atoms with Crippen molar-refractivity contribution in [3.05, 3.63) is 50.2 Å². The molecule has 0 saturated heterocycles. The fourth-order valence-corrected chi connectivity index (χ4v) is 5.03. The number of thiophene rings is 1. The standard InChI is InChI=1S/C17H19BrOS/c1-10-7-13(8-11(2)17(10)19-3)16(18)15-9-12-5-4-6-14(12)20-15/h7-9,16H,4-6H2,1-3H3. The van der Waals surface area contributed by atoms with Crippen LogP contribution in [0.5, 0.6) is 5.75 Å². The first-order chi connectivity index (χ1) is 9.60. The lowest BCUT2D eigenvalue weighted by Crippen LogP contribution is -1.96. The highest BCUT2D eigenvalue weighted by Gasteiger charge is 2.20. The van der Waals surface area contributed by atoms with E-state index in [1.165, 1.54) is 40.8 Å². The van der Waals surface area contributed by atoms with Gasteiger partial charge in [0.05, 0.1) is 11.9 Å². The maximum atomic E-state index is 5.45. The zero-order chi connectivity index (χ0) is 14.3. The van der Waals surface area contributed by atoms with Gasteiger partial charge in [-0.15, -0.1) is 11.3 Å². The molecule has 1 aromatic carbocycles. The first kappa shape index (κ1) is 14.2. The number of rotatable bonds is 3. The van der Waals surface area contributed by atoms with Crippen LogP contribution in [0.2, 0.25) is 0 Å². The second-order valence-electron chi connectivity index (χ2n) is 5.50. The van der Waals surface area contributed by atoms with Crippen molar-refractivity contribution < 1.29 is 4.74 Å². The Morgan fingerprint density at radius 3 is 2.45 bits per heavy atom. The topological polar surface area (TPSA) is 9.23 Å². The Balaban J connectivity index is 1.95. The van der Waals surface area contributed by atoms with Crippen molar-refractivity contribution in [1.82, 2.24) is 0 Å². The Bertz CT molecular complexity index is 600. The SMILES string of the molecule is COc1c(C)cc(C(Br)c2cc3c(s2)CCC3)cc1C. The first-order valence-corrected chi connectivity index (χ1v) is 8.74. The van der Waals surface area contributed by atoms with Gasteiger partial charge in [0.15, 0.2) is 0 Å². The number of hydrogen-bond acceptors (Lipinski definition) is 2. The van der Waals surface area contributed by atoms with Crippen molar-refractivity contribution in [3.8, 4) is 5.75 Å². The molecule has 1 aromatic heterocycles. The minimum Gasteiger partial charge on any atom is -0.496 e. The molecule has 20 heavy (non-hydrogen) atoms. The second kappa shape index (κ2) is 5.53. The Labute approximate surface area is 133 Å². The van der Waals surface area contributed by atoms with Crippen molar-refractivity contribution in [1.29, 1.82) is 0 Å². The largest absolute Gasteiger partial charge is 0.496 e. The molecule has 3 rings (SSSR count). The molecule has 1 atom stereocenters. The molecular weight excluding hydrogens is 332 g/mol. The van der Waals surface area contributed by atoms with Crippen LogP contribution < -0.4 is 4.74 Å². The smallest absolute Gasteiger partial charge is 0.124 e. The van der Waals surface area contributed by atoms with Gasteiger partial charge < -0.3 is 4.74 Å². The summed E-state index contributed by atoms with van der Waals surface area (Å²) >= 11 is 5.85. The molecule has 2 aromatic rings. The lowest BCUT2D eigenvalue weighted by molar-refractivity contribution is 0.408. The van der Waals surface area contributed by atoms with E-state index in [0.717, 1.165) is 5.75 Å². The van der Waals surface area contributed by atoms with E-state index in [1.54, 1.807) is 17.6 Å². The number of benzene rings is 1. The monoisotopic (exact) mass is 350 g/mol. The zero-order valence-corrected chi connectivity index (χ0v) is 14.5. The molecule has 1 unspecified atom stereocenters. The predicted octanol–water partition coefficient (Wildman–Crippen LogP) is 5.35. The summed E-state index contributed by atoms with van der Waals surface area (Å²) in [6, 6.07) is 6.85. The minimum absolute atomic E-state index is 0.293. The summed E-state index contributed by atoms with van der Waals surface area (Å²) in [5.41, 5.74) is 5.30. The molecule has 1 aliphatic carbocycles. The molecule has 106 valence electrons. The van der Waals surface area contributed by atoms with Crippen LogP contribution in [-0.2, 0) is 12.8 Å². The van der Waals surface area contributed by atoms with Gasteiger partial charge in [0.2, 0.25) is 0 Å². The summed E-state index contributed by atoms with van der Waals surface area (Å²) in [7, 11) is 1.74. The number of alkyl halides is 1. The second-order valence-corrected chi connectivity index (χ2v) is 7.59. The highest BCUT2D eigenvalue weighted by atomic mass is 79.9. The van der Waals surface area contributed by atoms with Crippen LogP contribution in [0.25, 0.3) is 0 Å². The highest BCUT2D eigenvalue weighted by molar-refractivity contribution is 9.09. The number of halogens is 1. The van der Waals surface area contributed by atoms with Crippen LogP contribution in [-0.4, -0.2) is 7.11 Å². The number of hydrogen-bond donors (Lipinski definition) is 0. The third kappa shape index (κ3) is 2.42. The van der Waals surface area contributed by atoms with E-state index >= 15 is 0 Å². The molecule has 0 aliphatic heterocycles. The summed E-state index contributed by atoms with van der Waals surface area (Å²) in [5.74, 6) is 1.00. The van der Waals surface area contributed by atoms with E-state index in [0.29, 0.717) is 4.83 Å². The first-order valence-electron chi connectivity index (χ1n) is 7.01. The van der Waals surface area contributed by atoms with Gasteiger partial charge in [-0.3, -0.25) is 0 Å². The average molecular weight is 351 g/mol. The van der Waals surface area contributed by atoms with E-state index < -0.39 is 0 Å². The Kier molecular flexibility index (Phi) is 3.91. The molecular formula is C17H19BrOS. The highest BCUT2D eigenvalue weighted by Crippen LogP contribution is 2.41. The minimum atomic E-state index is 0.293. The summed E-state index contributed by atoms with van der Waals surface area (Å²) in [5, 5.41) is 0. The van der Waals surface area contributed by atoms with Crippen molar-refractivity contribution in [2.45, 2.75) is 37.9 Å². The van der Waals surface area contributed by atoms with E-state index in [9.17, 15) is 0 Å². The van der Waals surface area contributed by atoms with Crippen LogP contribution in [0, 0.1) is 13.8 Å². The van der Waals surface area contributed by atoms with E-state index in [2.05, 4.69) is 48.0 Å². The molecule has 0 fully saturated rings. The maximum Gasteiger partial charge on any atom is 0.124 e. The predicted molar refractivity (Wildman–Crippen MR) is 89.6 cm³/mol. The average Bonchev–Trinajstić information content (AvgIpc) is 2.98. The van der Waals surface area contributed by atoms with Crippen LogP contribution in [0.1, 0.15) is 43.3 Å². The van der Waals surface area contributed by atoms with Crippen LogP contribution >= 0.6 is 27.3 Å². The fourth-order valence-electron chi connectivity index (χ4n) is 3.09. The summed E-state index contributed by atoms with van der Waals surface area (Å²) in [4.78, 5) is 3.31. The molecule has 1 aliphatic rings. The van der Waals surface area contributed by atoms with Crippen molar-refractivity contribution in [2.75, 3.05) is 7.11 Å². The zero-order valence-electron chi connectivity index (χ0n) is 12.1. The quantitative estimate of drug-likeness (QED) is 0.678. The fraction of sp³-hybridized carbons (Fsp3) is 0.412. The van der Waals surface area contributed by atoms with Gasteiger partial charge >= 0.3 is 0 Å². The van der Waals surface area contributed by atoms with Gasteiger partial charge in [-0.2, -0.15) is 0 Å². The van der Waals surface area contributed by atoms with Gasteiger partial charge in [0.1, 0.15) is 5.75 Å². The van der Waals surface area contributed by atoms with Gasteiger partial charge in [-0.1, -0.05) is 28.1 Å².